The van der Waals surface area contributed by atoms with Gasteiger partial charge in [-0.1, -0.05) is 0 Å². The number of Topliss-reactive ketones (excluding diaryl/α,β-unsaturated/α-hetero) is 2. The topological polar surface area (TPSA) is 81.2 Å². The highest BCUT2D eigenvalue weighted by Gasteiger charge is 2.36. The molecule has 1 aromatic heterocycles. The highest BCUT2D eigenvalue weighted by Crippen LogP contribution is 2.38. The molecule has 1 heterocycles. The number of halogens is 4. The van der Waals surface area contributed by atoms with Crippen molar-refractivity contribution >= 4 is 33.2 Å². The third kappa shape index (κ3) is 3.07. The Labute approximate surface area is 153 Å². The minimum Gasteiger partial charge on any atom is -0.496 e. The summed E-state index contributed by atoms with van der Waals surface area (Å²) in [5.41, 5.74) is -1.21. The molecule has 10 heteroatoms. The summed E-state index contributed by atoms with van der Waals surface area (Å²) < 4.78 is 43.5. The van der Waals surface area contributed by atoms with E-state index in [-0.39, 0.29) is 27.3 Å². The molecule has 0 unspecified atom stereocenters. The van der Waals surface area contributed by atoms with E-state index < -0.39 is 29.1 Å². The van der Waals surface area contributed by atoms with Crippen LogP contribution in [0.2, 0.25) is 0 Å². The third-order valence-electron chi connectivity index (χ3n) is 3.55. The summed E-state index contributed by atoms with van der Waals surface area (Å²) in [6.45, 7) is 0. The molecule has 2 aromatic rings. The van der Waals surface area contributed by atoms with E-state index >= 15 is 0 Å². The number of nitrogens with zero attached hydrogens (tertiary/aromatic N) is 2. The van der Waals surface area contributed by atoms with Gasteiger partial charge in [0.15, 0.2) is 0 Å². The summed E-state index contributed by atoms with van der Waals surface area (Å²) in [4.78, 5) is 32.5. The van der Waals surface area contributed by atoms with Crippen molar-refractivity contribution in [1.82, 2.24) is 9.97 Å². The van der Waals surface area contributed by atoms with Crippen molar-refractivity contribution < 1.29 is 27.5 Å². The zero-order valence-corrected chi connectivity index (χ0v) is 14.6. The molecule has 0 spiro atoms. The number of alkyl halides is 3. The second-order valence-corrected chi connectivity index (χ2v) is 5.93. The molecule has 1 N–H and O–H groups in total. The van der Waals surface area contributed by atoms with Gasteiger partial charge >= 0.3 is 6.18 Å². The minimum absolute atomic E-state index is 0.0886. The molecule has 1 aliphatic rings. The maximum atomic E-state index is 12.9. The lowest BCUT2D eigenvalue weighted by molar-refractivity contribution is -0.138. The van der Waals surface area contributed by atoms with Crippen LogP contribution in [-0.2, 0) is 6.18 Å². The number of hydrogen-bond acceptors (Lipinski definition) is 6. The average molecular weight is 428 g/mol. The van der Waals surface area contributed by atoms with Crippen LogP contribution >= 0.6 is 15.9 Å². The quantitative estimate of drug-likeness (QED) is 0.805. The standard InChI is InChI=1S/C16H9BrF3N3O3/c1-26-9-6-7(2-3-8(9)16(18,19)20)23-11-10(17)14(24)12-13(15(11)25)22-5-4-21-12/h2-6,23H,1H3. The molecule has 3 rings (SSSR count). The van der Waals surface area contributed by atoms with Crippen LogP contribution < -0.4 is 10.1 Å². The summed E-state index contributed by atoms with van der Waals surface area (Å²) in [6, 6.07) is 3.03. The smallest absolute Gasteiger partial charge is 0.419 e. The zero-order valence-electron chi connectivity index (χ0n) is 13.0. The number of hydrogen-bond donors (Lipinski definition) is 1. The van der Waals surface area contributed by atoms with E-state index in [1.54, 1.807) is 0 Å². The minimum atomic E-state index is -4.59. The number of methoxy groups -OCH3 is 1. The second kappa shape index (κ2) is 6.52. The van der Waals surface area contributed by atoms with E-state index in [1.807, 2.05) is 0 Å². The van der Waals surface area contributed by atoms with Crippen LogP contribution in [0, 0.1) is 0 Å². The molecular formula is C16H9BrF3N3O3. The molecule has 1 aliphatic carbocycles. The van der Waals surface area contributed by atoms with Gasteiger partial charge in [0, 0.05) is 24.1 Å². The molecule has 0 saturated carbocycles. The third-order valence-corrected chi connectivity index (χ3v) is 4.31. The summed E-state index contributed by atoms with van der Waals surface area (Å²) in [7, 11) is 1.10. The molecule has 134 valence electrons. The van der Waals surface area contributed by atoms with E-state index in [0.29, 0.717) is 0 Å². The first-order valence-corrected chi connectivity index (χ1v) is 7.85. The van der Waals surface area contributed by atoms with Crippen LogP contribution in [-0.4, -0.2) is 28.6 Å². The molecule has 0 amide bonds. The van der Waals surface area contributed by atoms with E-state index in [2.05, 4.69) is 31.2 Å². The number of rotatable bonds is 3. The van der Waals surface area contributed by atoms with Crippen molar-refractivity contribution in [3.05, 3.63) is 57.7 Å². The maximum Gasteiger partial charge on any atom is 0.419 e. The predicted octanol–water partition coefficient (Wildman–Crippen LogP) is 3.60. The van der Waals surface area contributed by atoms with Gasteiger partial charge in [-0.3, -0.25) is 9.59 Å². The van der Waals surface area contributed by atoms with Gasteiger partial charge in [0.1, 0.15) is 22.8 Å². The number of allylic oxidation sites excluding steroid dienone is 2. The maximum absolute atomic E-state index is 12.9. The number of nitrogens with one attached hydrogen (secondary N) is 1. The van der Waals surface area contributed by atoms with Gasteiger partial charge in [0.25, 0.3) is 0 Å². The molecule has 0 bridgehead atoms. The largest absolute Gasteiger partial charge is 0.496 e. The van der Waals surface area contributed by atoms with Gasteiger partial charge in [-0.05, 0) is 28.1 Å². The van der Waals surface area contributed by atoms with Crippen molar-refractivity contribution in [2.45, 2.75) is 6.18 Å². The predicted molar refractivity (Wildman–Crippen MR) is 88.3 cm³/mol. The Bertz CT molecular complexity index is 957. The normalized spacial score (nSPS) is 14.3. The van der Waals surface area contributed by atoms with Crippen molar-refractivity contribution in [2.75, 3.05) is 12.4 Å². The Morgan fingerprint density at radius 1 is 1.08 bits per heavy atom. The Morgan fingerprint density at radius 3 is 2.27 bits per heavy atom. The summed E-state index contributed by atoms with van der Waals surface area (Å²) >= 11 is 3.04. The van der Waals surface area contributed by atoms with E-state index in [1.165, 1.54) is 12.4 Å². The van der Waals surface area contributed by atoms with Gasteiger partial charge in [-0.2, -0.15) is 13.2 Å². The zero-order chi connectivity index (χ0) is 19.1. The fourth-order valence-corrected chi connectivity index (χ4v) is 2.83. The van der Waals surface area contributed by atoms with Crippen LogP contribution in [0.15, 0.2) is 40.8 Å². The SMILES string of the molecule is COc1cc(NC2=C(Br)C(=O)c3nccnc3C2=O)ccc1C(F)(F)F. The van der Waals surface area contributed by atoms with Crippen LogP contribution in [0.1, 0.15) is 26.5 Å². The van der Waals surface area contributed by atoms with Gasteiger partial charge in [0.05, 0.1) is 17.2 Å². The number of anilines is 1. The fourth-order valence-electron chi connectivity index (χ4n) is 2.37. The van der Waals surface area contributed by atoms with Crippen LogP contribution in [0.4, 0.5) is 18.9 Å². The Morgan fingerprint density at radius 2 is 1.69 bits per heavy atom. The van der Waals surface area contributed by atoms with E-state index in [4.69, 9.17) is 4.74 Å². The lowest BCUT2D eigenvalue weighted by Crippen LogP contribution is -2.26. The first-order chi connectivity index (χ1) is 12.2. The first kappa shape index (κ1) is 18.1. The Balaban J connectivity index is 2.00. The van der Waals surface area contributed by atoms with Gasteiger partial charge in [-0.15, -0.1) is 0 Å². The number of carbonyl (C=O) groups excluding carboxylic acids is 2. The molecule has 0 aliphatic heterocycles. The Kier molecular flexibility index (Phi) is 4.53. The summed E-state index contributed by atoms with van der Waals surface area (Å²) in [5.74, 6) is -1.60. The van der Waals surface area contributed by atoms with Gasteiger partial charge in [0.2, 0.25) is 11.6 Å². The number of fused-ring (bicyclic) bond motifs is 1. The van der Waals surface area contributed by atoms with Gasteiger partial charge < -0.3 is 10.1 Å². The van der Waals surface area contributed by atoms with Crippen LogP contribution in [0.5, 0.6) is 5.75 Å². The van der Waals surface area contributed by atoms with Crippen LogP contribution in [0.25, 0.3) is 0 Å². The lowest BCUT2D eigenvalue weighted by atomic mass is 10.0. The Hall–Kier alpha value is -2.75. The number of ketones is 2. The molecule has 1 aromatic carbocycles. The number of carbonyl (C=O) groups is 2. The highest BCUT2D eigenvalue weighted by atomic mass is 79.9. The monoisotopic (exact) mass is 427 g/mol. The molecule has 0 fully saturated rings. The molecule has 0 atom stereocenters. The number of ether oxygens (including phenoxy) is 1. The van der Waals surface area contributed by atoms with Crippen LogP contribution in [0.3, 0.4) is 0 Å². The van der Waals surface area contributed by atoms with Crippen molar-refractivity contribution in [3.8, 4) is 5.75 Å². The van der Waals surface area contributed by atoms with E-state index in [9.17, 15) is 22.8 Å². The number of aromatic nitrogens is 2. The fraction of sp³-hybridized carbons (Fsp3) is 0.125. The van der Waals surface area contributed by atoms with Crippen molar-refractivity contribution in [1.29, 1.82) is 0 Å². The molecule has 0 radical (unpaired) electrons. The van der Waals surface area contributed by atoms with Gasteiger partial charge in [-0.25, -0.2) is 9.97 Å². The summed E-state index contributed by atoms with van der Waals surface area (Å²) in [5, 5.41) is 2.65. The average Bonchev–Trinajstić information content (AvgIpc) is 2.62. The lowest BCUT2D eigenvalue weighted by Gasteiger charge is -2.19. The molecule has 6 nitrogen and oxygen atoms in total. The first-order valence-electron chi connectivity index (χ1n) is 7.06. The van der Waals surface area contributed by atoms with E-state index in [0.717, 1.165) is 25.3 Å². The van der Waals surface area contributed by atoms with Crippen molar-refractivity contribution in [3.63, 3.8) is 0 Å². The second-order valence-electron chi connectivity index (χ2n) is 5.14. The highest BCUT2D eigenvalue weighted by molar-refractivity contribution is 9.12. The molecular weight excluding hydrogens is 419 g/mol. The molecule has 0 saturated heterocycles. The summed E-state index contributed by atoms with van der Waals surface area (Å²) in [6.07, 6.45) is -2.04. The van der Waals surface area contributed by atoms with Crippen molar-refractivity contribution in [2.24, 2.45) is 0 Å². The molecule has 26 heavy (non-hydrogen) atoms. The number of benzene rings is 1.